The van der Waals surface area contributed by atoms with E-state index >= 15 is 0 Å². The minimum atomic E-state index is -0.0178. The van der Waals surface area contributed by atoms with Crippen LogP contribution < -0.4 is 0 Å². The lowest BCUT2D eigenvalue weighted by Crippen LogP contribution is -2.38. The fourth-order valence-electron chi connectivity index (χ4n) is 3.03. The first-order valence-corrected chi connectivity index (χ1v) is 8.24. The highest BCUT2D eigenvalue weighted by molar-refractivity contribution is 5.83. The summed E-state index contributed by atoms with van der Waals surface area (Å²) >= 11 is 0. The van der Waals surface area contributed by atoms with E-state index in [1.165, 1.54) is 6.42 Å². The number of piperidine rings is 1. The van der Waals surface area contributed by atoms with Gasteiger partial charge < -0.3 is 10.0 Å². The van der Waals surface area contributed by atoms with E-state index in [0.29, 0.717) is 5.91 Å². The Bertz CT molecular complexity index is 435. The molecule has 1 amide bonds. The van der Waals surface area contributed by atoms with Crippen LogP contribution >= 0.6 is 0 Å². The first-order chi connectivity index (χ1) is 10.3. The fraction of sp³-hybridized carbons (Fsp3) is 0.611. The van der Waals surface area contributed by atoms with E-state index in [9.17, 15) is 4.79 Å². The Morgan fingerprint density at radius 1 is 1.19 bits per heavy atom. The summed E-state index contributed by atoms with van der Waals surface area (Å²) in [5, 5.41) is 9.15. The summed E-state index contributed by atoms with van der Waals surface area (Å²) in [5.41, 5.74) is 2.00. The molecule has 0 bridgehead atoms. The second-order valence-electron chi connectivity index (χ2n) is 5.98. The van der Waals surface area contributed by atoms with Crippen LogP contribution in [-0.2, 0) is 11.4 Å². The molecule has 116 valence electrons. The highest BCUT2D eigenvalue weighted by Gasteiger charge is 2.26. The third kappa shape index (κ3) is 4.31. The number of unbranched alkanes of at least 4 members (excludes halogenated alkanes) is 1. The van der Waals surface area contributed by atoms with Crippen LogP contribution in [-0.4, -0.2) is 29.0 Å². The van der Waals surface area contributed by atoms with E-state index in [4.69, 9.17) is 5.11 Å². The Morgan fingerprint density at radius 2 is 1.86 bits per heavy atom. The summed E-state index contributed by atoms with van der Waals surface area (Å²) in [6.45, 7) is 4.05. The van der Waals surface area contributed by atoms with Crippen LogP contribution in [0.2, 0.25) is 0 Å². The van der Waals surface area contributed by atoms with Crippen LogP contribution in [0, 0.1) is 0 Å². The van der Waals surface area contributed by atoms with E-state index in [1.807, 2.05) is 29.2 Å². The number of benzene rings is 1. The van der Waals surface area contributed by atoms with Gasteiger partial charge in [0.15, 0.2) is 0 Å². The number of aliphatic hydroxyl groups excluding tert-OH is 1. The highest BCUT2D eigenvalue weighted by atomic mass is 16.3. The van der Waals surface area contributed by atoms with E-state index in [2.05, 4.69) is 6.92 Å². The van der Waals surface area contributed by atoms with Gasteiger partial charge in [0, 0.05) is 13.1 Å². The lowest BCUT2D eigenvalue weighted by molar-refractivity contribution is -0.133. The Labute approximate surface area is 128 Å². The van der Waals surface area contributed by atoms with Crippen molar-refractivity contribution in [2.45, 2.75) is 58.0 Å². The number of nitrogens with zero attached hydrogens (tertiary/aromatic N) is 1. The molecular weight excluding hydrogens is 262 g/mol. The van der Waals surface area contributed by atoms with Crippen molar-refractivity contribution in [3.8, 4) is 0 Å². The second-order valence-corrected chi connectivity index (χ2v) is 5.98. The molecule has 1 aliphatic rings. The van der Waals surface area contributed by atoms with Gasteiger partial charge >= 0.3 is 0 Å². The number of hydrogen-bond donors (Lipinski definition) is 1. The smallest absolute Gasteiger partial charge is 0.230 e. The number of carbonyl (C=O) groups is 1. The van der Waals surface area contributed by atoms with Crippen molar-refractivity contribution in [1.82, 2.24) is 4.90 Å². The molecule has 0 aliphatic carbocycles. The Kier molecular flexibility index (Phi) is 6.24. The molecule has 1 aliphatic heterocycles. The molecule has 1 fully saturated rings. The van der Waals surface area contributed by atoms with Gasteiger partial charge in [0.25, 0.3) is 0 Å². The molecule has 3 nitrogen and oxygen atoms in total. The molecule has 1 heterocycles. The molecule has 0 spiro atoms. The Hall–Kier alpha value is -1.35. The SMILES string of the molecule is CCCCC(C(=O)N1CCCCC1)c1ccc(CO)cc1. The summed E-state index contributed by atoms with van der Waals surface area (Å²) < 4.78 is 0. The zero-order chi connectivity index (χ0) is 15.1. The van der Waals surface area contributed by atoms with Gasteiger partial charge in [-0.1, -0.05) is 44.0 Å². The standard InChI is InChI=1S/C18H27NO2/c1-2-3-7-17(16-10-8-15(14-20)9-11-16)18(21)19-12-5-4-6-13-19/h8-11,17,20H,2-7,12-14H2,1H3. The molecule has 2 rings (SSSR count). The van der Waals surface area contributed by atoms with E-state index in [-0.39, 0.29) is 12.5 Å². The van der Waals surface area contributed by atoms with Crippen molar-refractivity contribution in [3.05, 3.63) is 35.4 Å². The zero-order valence-electron chi connectivity index (χ0n) is 13.1. The lowest BCUT2D eigenvalue weighted by Gasteiger charge is -2.30. The van der Waals surface area contributed by atoms with Crippen LogP contribution in [0.3, 0.4) is 0 Å². The first kappa shape index (κ1) is 16.0. The molecule has 1 atom stereocenters. The van der Waals surface area contributed by atoms with Gasteiger partial charge in [-0.2, -0.15) is 0 Å². The molecule has 21 heavy (non-hydrogen) atoms. The number of rotatable bonds is 6. The Balaban J connectivity index is 2.13. The number of hydrogen-bond acceptors (Lipinski definition) is 2. The molecule has 1 aromatic rings. The molecular formula is C18H27NO2. The topological polar surface area (TPSA) is 40.5 Å². The molecule has 1 aromatic carbocycles. The van der Waals surface area contributed by atoms with Gasteiger partial charge in [0.1, 0.15) is 0 Å². The van der Waals surface area contributed by atoms with Crippen LogP contribution in [0.15, 0.2) is 24.3 Å². The number of likely N-dealkylation sites (tertiary alicyclic amines) is 1. The normalized spacial score (nSPS) is 16.8. The van der Waals surface area contributed by atoms with Crippen LogP contribution in [0.5, 0.6) is 0 Å². The van der Waals surface area contributed by atoms with Crippen molar-refractivity contribution in [1.29, 1.82) is 0 Å². The van der Waals surface area contributed by atoms with E-state index in [1.54, 1.807) is 0 Å². The minimum Gasteiger partial charge on any atom is -0.392 e. The molecule has 0 saturated carbocycles. The molecule has 1 saturated heterocycles. The minimum absolute atomic E-state index is 0.0178. The van der Waals surface area contributed by atoms with Gasteiger partial charge in [0.05, 0.1) is 12.5 Å². The molecule has 1 N–H and O–H groups in total. The average Bonchev–Trinajstić information content (AvgIpc) is 2.56. The molecule has 0 radical (unpaired) electrons. The van der Waals surface area contributed by atoms with Crippen LogP contribution in [0.1, 0.15) is 62.5 Å². The summed E-state index contributed by atoms with van der Waals surface area (Å²) in [6.07, 6.45) is 6.62. The highest BCUT2D eigenvalue weighted by Crippen LogP contribution is 2.26. The summed E-state index contributed by atoms with van der Waals surface area (Å²) in [7, 11) is 0. The predicted molar refractivity (Wildman–Crippen MR) is 85.1 cm³/mol. The van der Waals surface area contributed by atoms with Gasteiger partial charge in [-0.05, 0) is 36.8 Å². The first-order valence-electron chi connectivity index (χ1n) is 8.24. The van der Waals surface area contributed by atoms with Gasteiger partial charge in [0.2, 0.25) is 5.91 Å². The van der Waals surface area contributed by atoms with Crippen molar-refractivity contribution < 1.29 is 9.90 Å². The predicted octanol–water partition coefficient (Wildman–Crippen LogP) is 3.47. The lowest BCUT2D eigenvalue weighted by atomic mass is 9.91. The monoisotopic (exact) mass is 289 g/mol. The van der Waals surface area contributed by atoms with Crippen molar-refractivity contribution in [2.24, 2.45) is 0 Å². The quantitative estimate of drug-likeness (QED) is 0.871. The maximum Gasteiger partial charge on any atom is 0.230 e. The second kappa shape index (κ2) is 8.18. The number of carbonyl (C=O) groups excluding carboxylic acids is 1. The van der Waals surface area contributed by atoms with Gasteiger partial charge in [-0.15, -0.1) is 0 Å². The number of aliphatic hydroxyl groups is 1. The molecule has 1 unspecified atom stereocenters. The maximum atomic E-state index is 12.8. The number of amides is 1. The van der Waals surface area contributed by atoms with Gasteiger partial charge in [-0.25, -0.2) is 0 Å². The largest absolute Gasteiger partial charge is 0.392 e. The maximum absolute atomic E-state index is 12.8. The third-order valence-electron chi connectivity index (χ3n) is 4.38. The summed E-state index contributed by atoms with van der Waals surface area (Å²) in [5.74, 6) is 0.274. The average molecular weight is 289 g/mol. The third-order valence-corrected chi connectivity index (χ3v) is 4.38. The molecule has 0 aromatic heterocycles. The van der Waals surface area contributed by atoms with Crippen molar-refractivity contribution in [3.63, 3.8) is 0 Å². The van der Waals surface area contributed by atoms with Crippen molar-refractivity contribution in [2.75, 3.05) is 13.1 Å². The van der Waals surface area contributed by atoms with Gasteiger partial charge in [-0.3, -0.25) is 4.79 Å². The summed E-state index contributed by atoms with van der Waals surface area (Å²) in [6, 6.07) is 7.87. The van der Waals surface area contributed by atoms with E-state index in [0.717, 1.165) is 56.3 Å². The molecule has 3 heteroatoms. The van der Waals surface area contributed by atoms with Crippen LogP contribution in [0.25, 0.3) is 0 Å². The Morgan fingerprint density at radius 3 is 2.43 bits per heavy atom. The summed E-state index contributed by atoms with van der Waals surface area (Å²) in [4.78, 5) is 14.9. The van der Waals surface area contributed by atoms with Crippen LogP contribution in [0.4, 0.5) is 0 Å². The van der Waals surface area contributed by atoms with E-state index < -0.39 is 0 Å². The fourth-order valence-corrected chi connectivity index (χ4v) is 3.03. The zero-order valence-corrected chi connectivity index (χ0v) is 13.1. The van der Waals surface area contributed by atoms with Crippen molar-refractivity contribution >= 4 is 5.91 Å².